The number of furan rings is 1. The van der Waals surface area contributed by atoms with Crippen LogP contribution in [0.4, 0.5) is 5.69 Å². The standard InChI is InChI=1S/C18H25NO/c1-2-3-5-12-17-18(19-13-8-4-9-14-19)15-10-6-7-11-16(15)20-17/h6-7,10-11H,2-5,8-9,12-14H2,1H3. The van der Waals surface area contributed by atoms with Crippen LogP contribution in [0.3, 0.4) is 0 Å². The van der Waals surface area contributed by atoms with E-state index in [4.69, 9.17) is 4.42 Å². The predicted octanol–water partition coefficient (Wildman–Crippen LogP) is 5.16. The molecule has 1 aromatic heterocycles. The molecule has 0 amide bonds. The molecule has 2 heterocycles. The molecule has 20 heavy (non-hydrogen) atoms. The molecule has 1 aliphatic heterocycles. The third-order valence-electron chi connectivity index (χ3n) is 4.32. The number of hydrogen-bond donors (Lipinski definition) is 0. The number of fused-ring (bicyclic) bond motifs is 1. The summed E-state index contributed by atoms with van der Waals surface area (Å²) in [5.74, 6) is 1.21. The second kappa shape index (κ2) is 6.34. The molecule has 1 fully saturated rings. The highest BCUT2D eigenvalue weighted by atomic mass is 16.3. The first-order valence-corrected chi connectivity index (χ1v) is 8.15. The summed E-state index contributed by atoms with van der Waals surface area (Å²) in [7, 11) is 0. The van der Waals surface area contributed by atoms with Gasteiger partial charge in [-0.05, 0) is 37.8 Å². The Morgan fingerprint density at radius 3 is 2.65 bits per heavy atom. The summed E-state index contributed by atoms with van der Waals surface area (Å²) in [4.78, 5) is 2.55. The molecular weight excluding hydrogens is 246 g/mol. The monoisotopic (exact) mass is 271 g/mol. The molecule has 0 radical (unpaired) electrons. The summed E-state index contributed by atoms with van der Waals surface area (Å²) >= 11 is 0. The summed E-state index contributed by atoms with van der Waals surface area (Å²) in [5.41, 5.74) is 2.44. The van der Waals surface area contributed by atoms with Gasteiger partial charge >= 0.3 is 0 Å². The Morgan fingerprint density at radius 1 is 1.05 bits per heavy atom. The van der Waals surface area contributed by atoms with Crippen molar-refractivity contribution >= 4 is 16.7 Å². The van der Waals surface area contributed by atoms with Gasteiger partial charge in [0.1, 0.15) is 11.3 Å². The Morgan fingerprint density at radius 2 is 1.85 bits per heavy atom. The van der Waals surface area contributed by atoms with Crippen molar-refractivity contribution in [2.45, 2.75) is 51.9 Å². The van der Waals surface area contributed by atoms with Gasteiger partial charge in [0.25, 0.3) is 0 Å². The van der Waals surface area contributed by atoms with Crippen molar-refractivity contribution in [3.05, 3.63) is 30.0 Å². The van der Waals surface area contributed by atoms with E-state index < -0.39 is 0 Å². The first-order chi connectivity index (χ1) is 9.90. The van der Waals surface area contributed by atoms with Crippen LogP contribution in [0.2, 0.25) is 0 Å². The van der Waals surface area contributed by atoms with E-state index in [2.05, 4.69) is 36.1 Å². The summed E-state index contributed by atoms with van der Waals surface area (Å²) < 4.78 is 6.16. The van der Waals surface area contributed by atoms with E-state index in [-0.39, 0.29) is 0 Å². The predicted molar refractivity (Wildman–Crippen MR) is 85.5 cm³/mol. The van der Waals surface area contributed by atoms with Gasteiger partial charge in [0.15, 0.2) is 0 Å². The van der Waals surface area contributed by atoms with Crippen LogP contribution in [-0.4, -0.2) is 13.1 Å². The van der Waals surface area contributed by atoms with Crippen LogP contribution < -0.4 is 4.90 Å². The molecule has 0 atom stereocenters. The van der Waals surface area contributed by atoms with Crippen LogP contribution in [0.5, 0.6) is 0 Å². The van der Waals surface area contributed by atoms with Gasteiger partial charge in [-0.15, -0.1) is 0 Å². The maximum atomic E-state index is 6.16. The fourth-order valence-electron chi connectivity index (χ4n) is 3.25. The molecule has 0 N–H and O–H groups in total. The van der Waals surface area contributed by atoms with E-state index in [0.29, 0.717) is 0 Å². The largest absolute Gasteiger partial charge is 0.459 e. The summed E-state index contributed by atoms with van der Waals surface area (Å²) in [5, 5.41) is 1.31. The lowest BCUT2D eigenvalue weighted by Crippen LogP contribution is -2.29. The Balaban J connectivity index is 1.94. The number of hydrogen-bond acceptors (Lipinski definition) is 2. The number of rotatable bonds is 5. The van der Waals surface area contributed by atoms with Crippen LogP contribution in [0.25, 0.3) is 11.0 Å². The highest BCUT2D eigenvalue weighted by Crippen LogP contribution is 2.36. The molecule has 2 aromatic rings. The van der Waals surface area contributed by atoms with Gasteiger partial charge in [0.2, 0.25) is 0 Å². The Bertz CT molecular complexity index is 552. The number of aryl methyl sites for hydroxylation is 1. The minimum absolute atomic E-state index is 1.06. The third kappa shape index (κ3) is 2.70. The molecule has 0 spiro atoms. The van der Waals surface area contributed by atoms with E-state index in [1.807, 2.05) is 0 Å². The molecule has 2 heteroatoms. The zero-order valence-corrected chi connectivity index (χ0v) is 12.5. The van der Waals surface area contributed by atoms with Gasteiger partial charge in [0.05, 0.1) is 5.69 Å². The van der Waals surface area contributed by atoms with Gasteiger partial charge in [0, 0.05) is 24.9 Å². The Hall–Kier alpha value is -1.44. The third-order valence-corrected chi connectivity index (χ3v) is 4.32. The van der Waals surface area contributed by atoms with Crippen LogP contribution in [0.15, 0.2) is 28.7 Å². The zero-order chi connectivity index (χ0) is 13.8. The molecule has 1 aromatic carbocycles. The maximum absolute atomic E-state index is 6.16. The number of benzene rings is 1. The average molecular weight is 271 g/mol. The number of unbranched alkanes of at least 4 members (excludes halogenated alkanes) is 2. The maximum Gasteiger partial charge on any atom is 0.136 e. The van der Waals surface area contributed by atoms with E-state index in [9.17, 15) is 0 Å². The first kappa shape index (κ1) is 13.5. The number of para-hydroxylation sites is 1. The fraction of sp³-hybridized carbons (Fsp3) is 0.556. The Labute approximate surface area is 121 Å². The molecule has 0 unspecified atom stereocenters. The molecule has 1 aliphatic rings. The topological polar surface area (TPSA) is 16.4 Å². The summed E-state index contributed by atoms with van der Waals surface area (Å²) in [6.07, 6.45) is 8.86. The van der Waals surface area contributed by atoms with Crippen LogP contribution in [-0.2, 0) is 6.42 Å². The normalized spacial score (nSPS) is 15.9. The van der Waals surface area contributed by atoms with Crippen LogP contribution >= 0.6 is 0 Å². The zero-order valence-electron chi connectivity index (χ0n) is 12.5. The summed E-state index contributed by atoms with van der Waals surface area (Å²) in [6, 6.07) is 8.51. The number of piperidine rings is 1. The van der Waals surface area contributed by atoms with Gasteiger partial charge in [-0.2, -0.15) is 0 Å². The van der Waals surface area contributed by atoms with Crippen molar-refractivity contribution in [2.24, 2.45) is 0 Å². The minimum atomic E-state index is 1.06. The quantitative estimate of drug-likeness (QED) is 0.699. The lowest BCUT2D eigenvalue weighted by molar-refractivity contribution is 0.520. The van der Waals surface area contributed by atoms with Crippen molar-refractivity contribution in [3.8, 4) is 0 Å². The lowest BCUT2D eigenvalue weighted by Gasteiger charge is -2.28. The van der Waals surface area contributed by atoms with E-state index in [0.717, 1.165) is 12.0 Å². The van der Waals surface area contributed by atoms with Crippen molar-refractivity contribution in [3.63, 3.8) is 0 Å². The molecule has 0 saturated carbocycles. The number of nitrogens with zero attached hydrogens (tertiary/aromatic N) is 1. The van der Waals surface area contributed by atoms with Gasteiger partial charge in [-0.1, -0.05) is 31.9 Å². The molecular formula is C18H25NO. The average Bonchev–Trinajstić information content (AvgIpc) is 2.86. The van der Waals surface area contributed by atoms with Gasteiger partial charge in [-0.25, -0.2) is 0 Å². The van der Waals surface area contributed by atoms with Gasteiger partial charge < -0.3 is 9.32 Å². The van der Waals surface area contributed by atoms with Crippen molar-refractivity contribution in [2.75, 3.05) is 18.0 Å². The van der Waals surface area contributed by atoms with E-state index in [1.54, 1.807) is 0 Å². The van der Waals surface area contributed by atoms with Crippen LogP contribution in [0.1, 0.15) is 51.2 Å². The lowest BCUT2D eigenvalue weighted by atomic mass is 10.1. The highest BCUT2D eigenvalue weighted by Gasteiger charge is 2.20. The Kier molecular flexibility index (Phi) is 4.29. The molecule has 1 saturated heterocycles. The number of anilines is 1. The molecule has 2 nitrogen and oxygen atoms in total. The molecule has 3 rings (SSSR count). The second-order valence-corrected chi connectivity index (χ2v) is 5.87. The second-order valence-electron chi connectivity index (χ2n) is 5.87. The van der Waals surface area contributed by atoms with Crippen LogP contribution in [0, 0.1) is 0 Å². The van der Waals surface area contributed by atoms with Crippen molar-refractivity contribution in [1.29, 1.82) is 0 Å². The molecule has 0 bridgehead atoms. The first-order valence-electron chi connectivity index (χ1n) is 8.15. The van der Waals surface area contributed by atoms with Crippen molar-refractivity contribution in [1.82, 2.24) is 0 Å². The fourth-order valence-corrected chi connectivity index (χ4v) is 3.25. The summed E-state index contributed by atoms with van der Waals surface area (Å²) in [6.45, 7) is 4.62. The minimum Gasteiger partial charge on any atom is -0.459 e. The SMILES string of the molecule is CCCCCc1oc2ccccc2c1N1CCCCC1. The van der Waals surface area contributed by atoms with Crippen molar-refractivity contribution < 1.29 is 4.42 Å². The molecule has 0 aliphatic carbocycles. The molecule has 108 valence electrons. The van der Waals surface area contributed by atoms with E-state index in [1.165, 1.54) is 68.4 Å². The van der Waals surface area contributed by atoms with Gasteiger partial charge in [-0.3, -0.25) is 0 Å². The smallest absolute Gasteiger partial charge is 0.136 e. The van der Waals surface area contributed by atoms with E-state index >= 15 is 0 Å². The highest BCUT2D eigenvalue weighted by molar-refractivity contribution is 5.93.